The first kappa shape index (κ1) is 10.2. The highest BCUT2D eigenvalue weighted by Gasteiger charge is 2.07. The summed E-state index contributed by atoms with van der Waals surface area (Å²) in [4.78, 5) is 0. The molecule has 0 aliphatic carbocycles. The summed E-state index contributed by atoms with van der Waals surface area (Å²) in [6, 6.07) is 5.95. The zero-order chi connectivity index (χ0) is 9.84. The minimum Gasteiger partial charge on any atom is -0.407 e. The van der Waals surface area contributed by atoms with E-state index in [0.29, 0.717) is 11.7 Å². The predicted octanol–water partition coefficient (Wildman–Crippen LogP) is 3.70. The predicted molar refractivity (Wildman–Crippen MR) is 53.5 cm³/mol. The zero-order valence-electron chi connectivity index (χ0n) is 8.07. The number of hydrogen-bond donors (Lipinski definition) is 0. The van der Waals surface area contributed by atoms with Crippen molar-refractivity contribution >= 4 is 8.69 Å². The number of benzene rings is 1. The normalized spacial score (nSPS) is 10.8. The van der Waals surface area contributed by atoms with E-state index in [-0.39, 0.29) is 8.69 Å². The zero-order valence-corrected chi connectivity index (χ0v) is 8.97. The van der Waals surface area contributed by atoms with Gasteiger partial charge in [0, 0.05) is 0 Å². The van der Waals surface area contributed by atoms with Gasteiger partial charge in [-0.1, -0.05) is 26.0 Å². The van der Waals surface area contributed by atoms with Crippen molar-refractivity contribution in [2.24, 2.45) is 0 Å². The molecule has 0 spiro atoms. The van der Waals surface area contributed by atoms with E-state index >= 15 is 0 Å². The van der Waals surface area contributed by atoms with Crippen LogP contribution in [0, 0.1) is 6.92 Å². The fourth-order valence-electron chi connectivity index (χ4n) is 1.24. The lowest BCUT2D eigenvalue weighted by molar-refractivity contribution is 0.519. The summed E-state index contributed by atoms with van der Waals surface area (Å²) < 4.78 is 15.3. The fraction of sp³-hybridized carbons (Fsp3) is 0.400. The molecule has 70 valence electrons. The summed E-state index contributed by atoms with van der Waals surface area (Å²) in [5, 5.41) is 0. The van der Waals surface area contributed by atoms with Crippen LogP contribution in [0.4, 0.5) is 0 Å². The van der Waals surface area contributed by atoms with Crippen molar-refractivity contribution in [3.05, 3.63) is 29.3 Å². The van der Waals surface area contributed by atoms with Crippen LogP contribution >= 0.6 is 8.69 Å². The standard InChI is InChI=1S/C10H13O2P/c1-7(2)9-5-4-8(3)6-10(9)12-13-11/h4-7H,1-3H3. The van der Waals surface area contributed by atoms with Crippen molar-refractivity contribution < 1.29 is 9.09 Å². The van der Waals surface area contributed by atoms with Gasteiger partial charge in [-0.05, 0) is 30.0 Å². The Balaban J connectivity index is 3.10. The van der Waals surface area contributed by atoms with Crippen LogP contribution in [-0.2, 0) is 4.57 Å². The molecule has 0 heterocycles. The van der Waals surface area contributed by atoms with Crippen LogP contribution < -0.4 is 4.52 Å². The first-order valence-electron chi connectivity index (χ1n) is 4.25. The lowest BCUT2D eigenvalue weighted by atomic mass is 10.0. The Bertz CT molecular complexity index is 308. The van der Waals surface area contributed by atoms with Crippen LogP contribution in [0.3, 0.4) is 0 Å². The van der Waals surface area contributed by atoms with Gasteiger partial charge in [-0.15, -0.1) is 0 Å². The molecular weight excluding hydrogens is 183 g/mol. The summed E-state index contributed by atoms with van der Waals surface area (Å²) in [5.41, 5.74) is 2.21. The van der Waals surface area contributed by atoms with Gasteiger partial charge in [0.2, 0.25) is 0 Å². The maximum Gasteiger partial charge on any atom is 0.395 e. The molecule has 1 rings (SSSR count). The van der Waals surface area contributed by atoms with Crippen LogP contribution in [-0.4, -0.2) is 0 Å². The van der Waals surface area contributed by atoms with E-state index < -0.39 is 0 Å². The molecule has 2 nitrogen and oxygen atoms in total. The molecule has 13 heavy (non-hydrogen) atoms. The van der Waals surface area contributed by atoms with Crippen molar-refractivity contribution in [2.45, 2.75) is 26.7 Å². The average Bonchev–Trinajstić information content (AvgIpc) is 2.04. The second-order valence-corrected chi connectivity index (χ2v) is 3.69. The Morgan fingerprint density at radius 2 is 2.08 bits per heavy atom. The Morgan fingerprint density at radius 3 is 2.62 bits per heavy atom. The number of rotatable bonds is 3. The molecule has 3 heteroatoms. The fourth-order valence-corrected chi connectivity index (χ4v) is 1.48. The molecule has 0 atom stereocenters. The van der Waals surface area contributed by atoms with E-state index in [4.69, 9.17) is 4.52 Å². The molecular formula is C10H13O2P. The van der Waals surface area contributed by atoms with E-state index in [0.717, 1.165) is 11.1 Å². The third kappa shape index (κ3) is 2.53. The number of aryl methyl sites for hydroxylation is 1. The summed E-state index contributed by atoms with van der Waals surface area (Å²) in [7, 11) is -0.292. The first-order valence-corrected chi connectivity index (χ1v) is 4.98. The van der Waals surface area contributed by atoms with E-state index in [9.17, 15) is 4.57 Å². The second-order valence-electron chi connectivity index (χ2n) is 3.36. The van der Waals surface area contributed by atoms with Crippen molar-refractivity contribution in [3.8, 4) is 5.75 Å². The molecule has 1 aromatic carbocycles. The third-order valence-corrected chi connectivity index (χ3v) is 2.20. The van der Waals surface area contributed by atoms with E-state index in [1.807, 2.05) is 25.1 Å². The molecule has 0 saturated carbocycles. The van der Waals surface area contributed by atoms with Gasteiger partial charge < -0.3 is 4.52 Å². The molecule has 0 radical (unpaired) electrons. The summed E-state index contributed by atoms with van der Waals surface area (Å²) in [6.45, 7) is 6.15. The number of hydrogen-bond acceptors (Lipinski definition) is 2. The van der Waals surface area contributed by atoms with Crippen molar-refractivity contribution in [1.29, 1.82) is 0 Å². The molecule has 0 bridgehead atoms. The summed E-state index contributed by atoms with van der Waals surface area (Å²) >= 11 is 0. The van der Waals surface area contributed by atoms with Crippen LogP contribution in [0.5, 0.6) is 5.75 Å². The molecule has 0 saturated heterocycles. The van der Waals surface area contributed by atoms with E-state index in [2.05, 4.69) is 13.8 Å². The lowest BCUT2D eigenvalue weighted by Crippen LogP contribution is -1.91. The largest absolute Gasteiger partial charge is 0.407 e. The highest BCUT2D eigenvalue weighted by molar-refractivity contribution is 7.17. The Morgan fingerprint density at radius 1 is 1.38 bits per heavy atom. The van der Waals surface area contributed by atoms with Gasteiger partial charge in [-0.25, -0.2) is 4.57 Å². The molecule has 0 N–H and O–H groups in total. The average molecular weight is 196 g/mol. The topological polar surface area (TPSA) is 26.3 Å². The Labute approximate surface area is 80.2 Å². The Hall–Kier alpha value is -0.880. The van der Waals surface area contributed by atoms with Crippen LogP contribution in [0.25, 0.3) is 0 Å². The molecule has 1 aromatic rings. The van der Waals surface area contributed by atoms with Gasteiger partial charge >= 0.3 is 8.69 Å². The molecule has 0 amide bonds. The lowest BCUT2D eigenvalue weighted by Gasteiger charge is -2.10. The van der Waals surface area contributed by atoms with Gasteiger partial charge in [0.1, 0.15) is 5.75 Å². The summed E-state index contributed by atoms with van der Waals surface area (Å²) in [5.74, 6) is 1.10. The second kappa shape index (κ2) is 4.38. The quantitative estimate of drug-likeness (QED) is 0.689. The highest BCUT2D eigenvalue weighted by Crippen LogP contribution is 2.29. The van der Waals surface area contributed by atoms with Crippen molar-refractivity contribution in [3.63, 3.8) is 0 Å². The Kier molecular flexibility index (Phi) is 3.44. The van der Waals surface area contributed by atoms with Gasteiger partial charge in [0.25, 0.3) is 0 Å². The third-order valence-electron chi connectivity index (χ3n) is 1.93. The van der Waals surface area contributed by atoms with E-state index in [1.54, 1.807) is 0 Å². The van der Waals surface area contributed by atoms with Crippen LogP contribution in [0.2, 0.25) is 0 Å². The highest BCUT2D eigenvalue weighted by atomic mass is 31.1. The van der Waals surface area contributed by atoms with Crippen LogP contribution in [0.1, 0.15) is 30.9 Å². The minimum atomic E-state index is -0.292. The van der Waals surface area contributed by atoms with E-state index in [1.165, 1.54) is 0 Å². The smallest absolute Gasteiger partial charge is 0.395 e. The van der Waals surface area contributed by atoms with Gasteiger partial charge in [-0.3, -0.25) is 0 Å². The monoisotopic (exact) mass is 196 g/mol. The van der Waals surface area contributed by atoms with Gasteiger partial charge in [0.15, 0.2) is 0 Å². The minimum absolute atomic E-state index is 0.292. The maximum atomic E-state index is 10.3. The van der Waals surface area contributed by atoms with Crippen molar-refractivity contribution in [2.75, 3.05) is 0 Å². The molecule has 0 fully saturated rings. The van der Waals surface area contributed by atoms with Crippen molar-refractivity contribution in [1.82, 2.24) is 0 Å². The molecule has 0 aliphatic rings. The SMILES string of the molecule is Cc1ccc(C(C)C)c(OP=O)c1. The first-order chi connectivity index (χ1) is 6.15. The molecule has 0 aliphatic heterocycles. The maximum absolute atomic E-state index is 10.3. The molecule has 0 aromatic heterocycles. The summed E-state index contributed by atoms with van der Waals surface area (Å²) in [6.07, 6.45) is 0. The van der Waals surface area contributed by atoms with Gasteiger partial charge in [-0.2, -0.15) is 0 Å². The van der Waals surface area contributed by atoms with Crippen LogP contribution in [0.15, 0.2) is 18.2 Å². The molecule has 0 unspecified atom stereocenters. The van der Waals surface area contributed by atoms with Gasteiger partial charge in [0.05, 0.1) is 0 Å².